The van der Waals surface area contributed by atoms with Gasteiger partial charge in [0.25, 0.3) is 11.5 Å². The van der Waals surface area contributed by atoms with Crippen LogP contribution >= 0.6 is 0 Å². The molecule has 0 fully saturated rings. The van der Waals surface area contributed by atoms with Crippen LogP contribution in [0.1, 0.15) is 34.7 Å². The summed E-state index contributed by atoms with van der Waals surface area (Å²) in [4.78, 5) is 39.2. The van der Waals surface area contributed by atoms with Gasteiger partial charge in [0.2, 0.25) is 0 Å². The van der Waals surface area contributed by atoms with Gasteiger partial charge in [-0.25, -0.2) is 19.5 Å². The van der Waals surface area contributed by atoms with E-state index < -0.39 is 11.9 Å². The molecule has 1 amide bonds. The van der Waals surface area contributed by atoms with E-state index >= 15 is 0 Å². The molecule has 6 rings (SSSR count). The number of aryl methyl sites for hydroxylation is 1. The van der Waals surface area contributed by atoms with Crippen molar-refractivity contribution in [3.63, 3.8) is 0 Å². The third-order valence-corrected chi connectivity index (χ3v) is 6.73. The summed E-state index contributed by atoms with van der Waals surface area (Å²) in [6.07, 6.45) is 5.68. The number of rotatable bonds is 7. The Balaban J connectivity index is 1.34. The van der Waals surface area contributed by atoms with Crippen LogP contribution in [0.25, 0.3) is 22.5 Å². The standard InChI is InChI=1S/C29H25N9O4/c1-16-10-11-37-24(16)29(41)38(19-6-4-3-5-7-19)27(36-37)17(2)34-26-23(25(30)32-14-33-26)28(40)35-18-8-9-20(21(39)12-18)22-13-31-15-42-22/h3-15,17,39H,1-2H3,(H,35,40)(H3,30,32,33,34). The molecule has 13 heteroatoms. The van der Waals surface area contributed by atoms with E-state index in [-0.39, 0.29) is 28.5 Å². The van der Waals surface area contributed by atoms with Crippen LogP contribution in [0.4, 0.5) is 17.3 Å². The largest absolute Gasteiger partial charge is 0.507 e. The van der Waals surface area contributed by atoms with E-state index in [1.807, 2.05) is 43.3 Å². The Labute approximate surface area is 238 Å². The summed E-state index contributed by atoms with van der Waals surface area (Å²) in [7, 11) is 0. The molecule has 4 heterocycles. The lowest BCUT2D eigenvalue weighted by atomic mass is 10.1. The summed E-state index contributed by atoms with van der Waals surface area (Å²) in [6, 6.07) is 14.9. The van der Waals surface area contributed by atoms with Crippen molar-refractivity contribution in [3.05, 3.63) is 107 Å². The Morgan fingerprint density at radius 3 is 2.67 bits per heavy atom. The number of nitrogens with zero attached hydrogens (tertiary/aromatic N) is 6. The number of nitrogens with one attached hydrogen (secondary N) is 2. The van der Waals surface area contributed by atoms with Crippen molar-refractivity contribution in [3.8, 4) is 22.8 Å². The van der Waals surface area contributed by atoms with Crippen LogP contribution in [-0.2, 0) is 0 Å². The maximum Gasteiger partial charge on any atom is 0.282 e. The van der Waals surface area contributed by atoms with Crippen molar-refractivity contribution in [2.24, 2.45) is 0 Å². The highest BCUT2D eigenvalue weighted by Gasteiger charge is 2.24. The average Bonchev–Trinajstić information content (AvgIpc) is 3.64. The number of nitrogen functional groups attached to an aromatic ring is 1. The Bertz CT molecular complexity index is 1980. The predicted molar refractivity (Wildman–Crippen MR) is 156 cm³/mol. The Morgan fingerprint density at radius 2 is 1.93 bits per heavy atom. The molecule has 6 aromatic rings. The van der Waals surface area contributed by atoms with E-state index in [9.17, 15) is 14.7 Å². The summed E-state index contributed by atoms with van der Waals surface area (Å²) in [6.45, 7) is 3.65. The molecule has 2 aromatic carbocycles. The minimum atomic E-state index is -0.615. The number of anilines is 3. The number of amides is 1. The van der Waals surface area contributed by atoms with E-state index in [0.29, 0.717) is 34.0 Å². The normalized spacial score (nSPS) is 11.9. The molecular weight excluding hydrogens is 538 g/mol. The highest BCUT2D eigenvalue weighted by molar-refractivity contribution is 6.10. The fourth-order valence-corrected chi connectivity index (χ4v) is 4.70. The number of para-hydroxylation sites is 1. The Morgan fingerprint density at radius 1 is 1.12 bits per heavy atom. The average molecular weight is 564 g/mol. The zero-order valence-corrected chi connectivity index (χ0v) is 22.5. The van der Waals surface area contributed by atoms with Crippen molar-refractivity contribution in [2.45, 2.75) is 19.9 Å². The number of aromatic nitrogens is 6. The molecule has 0 aliphatic carbocycles. The second-order valence-electron chi connectivity index (χ2n) is 9.53. The first-order valence-corrected chi connectivity index (χ1v) is 12.9. The minimum Gasteiger partial charge on any atom is -0.507 e. The second kappa shape index (κ2) is 10.5. The zero-order chi connectivity index (χ0) is 29.4. The van der Waals surface area contributed by atoms with Crippen molar-refractivity contribution < 1.29 is 14.3 Å². The molecule has 0 spiro atoms. The maximum atomic E-state index is 13.7. The molecular formula is C29H25N9O4. The molecule has 13 nitrogen and oxygen atoms in total. The summed E-state index contributed by atoms with van der Waals surface area (Å²) in [5.74, 6) is 0.0966. The number of oxazole rings is 1. The Hall–Kier alpha value is -5.98. The number of benzene rings is 2. The number of hydrogen-bond acceptors (Lipinski definition) is 10. The molecule has 1 atom stereocenters. The van der Waals surface area contributed by atoms with Gasteiger partial charge in [-0.2, -0.15) is 5.10 Å². The van der Waals surface area contributed by atoms with Gasteiger partial charge in [-0.15, -0.1) is 0 Å². The lowest BCUT2D eigenvalue weighted by Crippen LogP contribution is -2.30. The minimum absolute atomic E-state index is 0.0188. The van der Waals surface area contributed by atoms with Crippen LogP contribution in [0.5, 0.6) is 5.75 Å². The van der Waals surface area contributed by atoms with E-state index in [2.05, 4.69) is 25.6 Å². The van der Waals surface area contributed by atoms with Crippen LogP contribution in [0.3, 0.4) is 0 Å². The lowest BCUT2D eigenvalue weighted by Gasteiger charge is -2.21. The highest BCUT2D eigenvalue weighted by atomic mass is 16.3. The van der Waals surface area contributed by atoms with Crippen LogP contribution in [0, 0.1) is 6.92 Å². The van der Waals surface area contributed by atoms with E-state index in [0.717, 1.165) is 5.56 Å². The third-order valence-electron chi connectivity index (χ3n) is 6.73. The molecule has 0 aliphatic rings. The van der Waals surface area contributed by atoms with Gasteiger partial charge in [0.1, 0.15) is 34.8 Å². The van der Waals surface area contributed by atoms with E-state index in [4.69, 9.17) is 15.2 Å². The van der Waals surface area contributed by atoms with Gasteiger partial charge in [-0.05, 0) is 49.7 Å². The van der Waals surface area contributed by atoms with Crippen molar-refractivity contribution >= 4 is 28.7 Å². The molecule has 0 aliphatic heterocycles. The molecule has 42 heavy (non-hydrogen) atoms. The summed E-state index contributed by atoms with van der Waals surface area (Å²) < 4.78 is 8.31. The van der Waals surface area contributed by atoms with Crippen molar-refractivity contribution in [1.82, 2.24) is 29.1 Å². The van der Waals surface area contributed by atoms with Gasteiger partial charge in [-0.1, -0.05) is 18.2 Å². The molecule has 0 bridgehead atoms. The molecule has 1 unspecified atom stereocenters. The topological polar surface area (TPSA) is 178 Å². The number of fused-ring (bicyclic) bond motifs is 1. The van der Waals surface area contributed by atoms with Gasteiger partial charge in [-0.3, -0.25) is 14.2 Å². The first kappa shape index (κ1) is 26.3. The number of aromatic hydroxyl groups is 1. The number of phenolic OH excluding ortho intramolecular Hbond substituents is 1. The van der Waals surface area contributed by atoms with Crippen LogP contribution in [0.15, 0.2) is 88.9 Å². The molecule has 0 saturated carbocycles. The quantitative estimate of drug-likeness (QED) is 0.222. The van der Waals surface area contributed by atoms with Gasteiger partial charge < -0.3 is 25.9 Å². The first-order chi connectivity index (χ1) is 20.3. The third kappa shape index (κ3) is 4.68. The SMILES string of the molecule is Cc1ccn2nc(C(C)Nc3ncnc(N)c3C(=O)Nc3ccc(-c4cnco4)c(O)c3)n(-c3ccccc3)c(=O)c12. The number of carbonyl (C=O) groups is 1. The zero-order valence-electron chi connectivity index (χ0n) is 22.5. The molecule has 5 N–H and O–H groups in total. The van der Waals surface area contributed by atoms with Crippen LogP contribution < -0.4 is 21.9 Å². The number of carbonyl (C=O) groups excluding carboxylic acids is 1. The van der Waals surface area contributed by atoms with Crippen molar-refractivity contribution in [2.75, 3.05) is 16.4 Å². The molecule has 210 valence electrons. The van der Waals surface area contributed by atoms with Crippen molar-refractivity contribution in [1.29, 1.82) is 0 Å². The fourth-order valence-electron chi connectivity index (χ4n) is 4.70. The number of phenols is 1. The molecule has 0 saturated heterocycles. The molecule has 0 radical (unpaired) electrons. The highest BCUT2D eigenvalue weighted by Crippen LogP contribution is 2.32. The van der Waals surface area contributed by atoms with E-state index in [1.165, 1.54) is 29.6 Å². The van der Waals surface area contributed by atoms with Gasteiger partial charge in [0, 0.05) is 18.0 Å². The second-order valence-corrected chi connectivity index (χ2v) is 9.53. The first-order valence-electron chi connectivity index (χ1n) is 12.9. The monoisotopic (exact) mass is 563 g/mol. The summed E-state index contributed by atoms with van der Waals surface area (Å²) in [5.41, 5.74) is 8.48. The van der Waals surface area contributed by atoms with Crippen LogP contribution in [0.2, 0.25) is 0 Å². The number of nitrogens with two attached hydrogens (primary N) is 1. The van der Waals surface area contributed by atoms with E-state index in [1.54, 1.807) is 29.8 Å². The van der Waals surface area contributed by atoms with Gasteiger partial charge in [0.05, 0.1) is 23.5 Å². The van der Waals surface area contributed by atoms with Crippen LogP contribution in [-0.4, -0.2) is 40.1 Å². The predicted octanol–water partition coefficient (Wildman–Crippen LogP) is 3.95. The lowest BCUT2D eigenvalue weighted by molar-refractivity contribution is 0.102. The Kier molecular flexibility index (Phi) is 6.59. The maximum absolute atomic E-state index is 13.7. The number of hydrogen-bond donors (Lipinski definition) is 4. The smallest absolute Gasteiger partial charge is 0.282 e. The summed E-state index contributed by atoms with van der Waals surface area (Å²) >= 11 is 0. The molecule has 4 aromatic heterocycles. The summed E-state index contributed by atoms with van der Waals surface area (Å²) in [5, 5.41) is 21.1. The van der Waals surface area contributed by atoms with Gasteiger partial charge in [0.15, 0.2) is 18.0 Å². The van der Waals surface area contributed by atoms with Gasteiger partial charge >= 0.3 is 0 Å². The fraction of sp³-hybridized carbons (Fsp3) is 0.103.